The summed E-state index contributed by atoms with van der Waals surface area (Å²) < 4.78 is 10.8. The molecule has 1 fully saturated rings. The molecular formula is C25H28ClN5O5. The summed E-state index contributed by atoms with van der Waals surface area (Å²) in [6.45, 7) is 1.02. The number of pyridine rings is 2. The number of amides is 3. The van der Waals surface area contributed by atoms with Crippen LogP contribution in [0.5, 0.6) is 0 Å². The maximum atomic E-state index is 13.2. The normalized spacial score (nSPS) is 17.5. The lowest BCUT2D eigenvalue weighted by Gasteiger charge is -2.30. The summed E-state index contributed by atoms with van der Waals surface area (Å²) >= 11 is 5.86. The zero-order valence-corrected chi connectivity index (χ0v) is 20.9. The summed E-state index contributed by atoms with van der Waals surface area (Å²) in [5, 5.41) is 5.95. The predicted molar refractivity (Wildman–Crippen MR) is 135 cm³/mol. The van der Waals surface area contributed by atoms with Crippen molar-refractivity contribution in [3.63, 3.8) is 0 Å². The molecule has 3 aromatic rings. The van der Waals surface area contributed by atoms with E-state index in [0.717, 1.165) is 0 Å². The average molecular weight is 514 g/mol. The second kappa shape index (κ2) is 11.5. The fourth-order valence-electron chi connectivity index (χ4n) is 4.31. The maximum absolute atomic E-state index is 13.2. The molecule has 0 saturated heterocycles. The molecule has 0 spiro atoms. The van der Waals surface area contributed by atoms with Crippen molar-refractivity contribution in [1.29, 1.82) is 0 Å². The van der Waals surface area contributed by atoms with E-state index in [0.29, 0.717) is 55.0 Å². The average Bonchev–Trinajstić information content (AvgIpc) is 3.26. The summed E-state index contributed by atoms with van der Waals surface area (Å²) in [4.78, 5) is 48.9. The zero-order chi connectivity index (χ0) is 25.7. The first-order valence-electron chi connectivity index (χ1n) is 11.7. The number of likely N-dealkylation sites (N-methyl/N-ethyl adjacent to an activating group) is 1. The molecule has 2 N–H and O–H groups in total. The molecule has 4 rings (SSSR count). The third kappa shape index (κ3) is 5.83. The van der Waals surface area contributed by atoms with E-state index in [1.54, 1.807) is 49.5 Å². The third-order valence-corrected chi connectivity index (χ3v) is 6.55. The first-order valence-corrected chi connectivity index (χ1v) is 12.1. The van der Waals surface area contributed by atoms with E-state index in [1.165, 1.54) is 6.20 Å². The zero-order valence-electron chi connectivity index (χ0n) is 20.1. The van der Waals surface area contributed by atoms with Crippen molar-refractivity contribution in [2.45, 2.75) is 25.7 Å². The molecule has 0 aromatic carbocycles. The van der Waals surface area contributed by atoms with Gasteiger partial charge in [-0.3, -0.25) is 19.4 Å². The number of methoxy groups -OCH3 is 1. The van der Waals surface area contributed by atoms with Crippen molar-refractivity contribution < 1.29 is 23.5 Å². The van der Waals surface area contributed by atoms with Gasteiger partial charge in [-0.1, -0.05) is 11.6 Å². The van der Waals surface area contributed by atoms with Gasteiger partial charge in [-0.15, -0.1) is 0 Å². The van der Waals surface area contributed by atoms with Crippen molar-refractivity contribution in [2.24, 2.45) is 11.8 Å². The molecule has 3 aromatic heterocycles. The van der Waals surface area contributed by atoms with Crippen LogP contribution in [0.1, 0.15) is 36.2 Å². The van der Waals surface area contributed by atoms with Gasteiger partial charge in [0.15, 0.2) is 5.58 Å². The number of aromatic nitrogens is 2. The highest BCUT2D eigenvalue weighted by molar-refractivity contribution is 6.30. The number of halogens is 1. The van der Waals surface area contributed by atoms with Crippen molar-refractivity contribution in [3.8, 4) is 0 Å². The third-order valence-electron chi connectivity index (χ3n) is 6.32. The van der Waals surface area contributed by atoms with Crippen LogP contribution in [-0.2, 0) is 14.3 Å². The van der Waals surface area contributed by atoms with E-state index in [9.17, 15) is 14.4 Å². The summed E-state index contributed by atoms with van der Waals surface area (Å²) in [5.74, 6) is -0.926. The van der Waals surface area contributed by atoms with Gasteiger partial charge < -0.3 is 24.7 Å². The van der Waals surface area contributed by atoms with Gasteiger partial charge in [-0.25, -0.2) is 4.98 Å². The fourth-order valence-corrected chi connectivity index (χ4v) is 4.42. The number of nitrogens with one attached hydrogen (secondary N) is 2. The summed E-state index contributed by atoms with van der Waals surface area (Å²) in [6, 6.07) is 6.52. The van der Waals surface area contributed by atoms with E-state index in [2.05, 4.69) is 20.6 Å². The number of hydrogen-bond acceptors (Lipinski definition) is 7. The smallest absolute Gasteiger partial charge is 0.294 e. The summed E-state index contributed by atoms with van der Waals surface area (Å²) in [7, 11) is 3.37. The molecule has 0 aliphatic heterocycles. The predicted octanol–water partition coefficient (Wildman–Crippen LogP) is 3.98. The second-order valence-electron chi connectivity index (χ2n) is 8.76. The number of fused-ring (bicyclic) bond motifs is 1. The largest absolute Gasteiger partial charge is 0.447 e. The molecule has 11 heteroatoms. The molecule has 3 amide bonds. The van der Waals surface area contributed by atoms with Gasteiger partial charge >= 0.3 is 0 Å². The number of hydrogen-bond donors (Lipinski definition) is 2. The van der Waals surface area contributed by atoms with E-state index < -0.39 is 5.91 Å². The lowest BCUT2D eigenvalue weighted by molar-refractivity contribution is -0.137. The van der Waals surface area contributed by atoms with Gasteiger partial charge in [0.2, 0.25) is 17.6 Å². The highest BCUT2D eigenvalue weighted by Crippen LogP contribution is 2.34. The van der Waals surface area contributed by atoms with Crippen LogP contribution in [-0.4, -0.2) is 59.9 Å². The van der Waals surface area contributed by atoms with Crippen molar-refractivity contribution in [1.82, 2.24) is 14.9 Å². The molecule has 1 aliphatic rings. The maximum Gasteiger partial charge on any atom is 0.294 e. The second-order valence-corrected chi connectivity index (χ2v) is 9.20. The Balaban J connectivity index is 1.45. The Labute approximate surface area is 213 Å². The Morgan fingerprint density at radius 1 is 1.11 bits per heavy atom. The Hall–Kier alpha value is -3.50. The Morgan fingerprint density at radius 2 is 1.86 bits per heavy atom. The van der Waals surface area contributed by atoms with Crippen LogP contribution < -0.4 is 10.6 Å². The summed E-state index contributed by atoms with van der Waals surface area (Å²) in [6.07, 6.45) is 5.35. The van der Waals surface area contributed by atoms with E-state index in [4.69, 9.17) is 20.8 Å². The SMILES string of the molecule is COCCN(C)C(=O)[C@H]1CC[C@H](C(=O)Nc2c(C(=O)Nc3ccc(Cl)cn3)oc3cccnc23)CC1. The summed E-state index contributed by atoms with van der Waals surface area (Å²) in [5.41, 5.74) is 0.957. The van der Waals surface area contributed by atoms with Gasteiger partial charge in [0.05, 0.1) is 11.6 Å². The van der Waals surface area contributed by atoms with E-state index >= 15 is 0 Å². The Bertz CT molecular complexity index is 1240. The quantitative estimate of drug-likeness (QED) is 0.466. The molecule has 3 heterocycles. The van der Waals surface area contributed by atoms with Crippen LogP contribution in [0.15, 0.2) is 41.1 Å². The van der Waals surface area contributed by atoms with Crippen molar-refractivity contribution >= 4 is 51.9 Å². The highest BCUT2D eigenvalue weighted by Gasteiger charge is 2.33. The number of anilines is 2. The Morgan fingerprint density at radius 3 is 2.56 bits per heavy atom. The van der Waals surface area contributed by atoms with Gasteiger partial charge in [0.25, 0.3) is 5.91 Å². The van der Waals surface area contributed by atoms with Crippen LogP contribution in [0.3, 0.4) is 0 Å². The van der Waals surface area contributed by atoms with E-state index in [1.807, 2.05) is 0 Å². The molecule has 1 aliphatic carbocycles. The van der Waals surface area contributed by atoms with Gasteiger partial charge in [0.1, 0.15) is 17.0 Å². The lowest BCUT2D eigenvalue weighted by Crippen LogP contribution is -2.38. The van der Waals surface area contributed by atoms with Crippen LogP contribution in [0.2, 0.25) is 5.02 Å². The molecule has 190 valence electrons. The van der Waals surface area contributed by atoms with Crippen molar-refractivity contribution in [3.05, 3.63) is 47.4 Å². The topological polar surface area (TPSA) is 127 Å². The molecule has 0 radical (unpaired) electrons. The number of ether oxygens (including phenoxy) is 1. The number of rotatable bonds is 8. The standard InChI is InChI=1S/C25H28ClN5O5/c1-31(12-13-35-2)25(34)16-7-5-15(6-8-16)23(32)30-21-20-18(4-3-11-27-20)36-22(21)24(33)29-19-10-9-17(26)14-28-19/h3-4,9-11,14-16H,5-8,12-13H2,1-2H3,(H,30,32)(H,28,29,33)/t15-,16-. The fraction of sp³-hybridized carbons (Fsp3) is 0.400. The van der Waals surface area contributed by atoms with E-state index in [-0.39, 0.29) is 40.9 Å². The monoisotopic (exact) mass is 513 g/mol. The number of carbonyl (C=O) groups excluding carboxylic acids is 3. The molecule has 36 heavy (non-hydrogen) atoms. The first-order chi connectivity index (χ1) is 17.4. The highest BCUT2D eigenvalue weighted by atomic mass is 35.5. The minimum atomic E-state index is -0.577. The van der Waals surface area contributed by atoms with Crippen LogP contribution in [0.4, 0.5) is 11.5 Å². The minimum absolute atomic E-state index is 0.0718. The van der Waals surface area contributed by atoms with Gasteiger partial charge in [0, 0.05) is 44.9 Å². The number of furan rings is 1. The molecule has 10 nitrogen and oxygen atoms in total. The number of nitrogens with zero attached hydrogens (tertiary/aromatic N) is 3. The molecule has 0 atom stereocenters. The molecule has 0 unspecified atom stereocenters. The van der Waals surface area contributed by atoms with Crippen molar-refractivity contribution in [2.75, 3.05) is 37.9 Å². The van der Waals surface area contributed by atoms with Gasteiger partial charge in [-0.05, 0) is 49.9 Å². The van der Waals surface area contributed by atoms with Crippen LogP contribution >= 0.6 is 11.6 Å². The Kier molecular flexibility index (Phi) is 8.17. The van der Waals surface area contributed by atoms with Crippen LogP contribution in [0, 0.1) is 11.8 Å². The van der Waals surface area contributed by atoms with Crippen LogP contribution in [0.25, 0.3) is 11.1 Å². The minimum Gasteiger partial charge on any atom is -0.447 e. The molecular weight excluding hydrogens is 486 g/mol. The molecule has 1 saturated carbocycles. The lowest BCUT2D eigenvalue weighted by atomic mass is 9.81. The first kappa shape index (κ1) is 25.6. The molecule has 0 bridgehead atoms. The van der Waals surface area contributed by atoms with Gasteiger partial charge in [-0.2, -0.15) is 0 Å². The number of carbonyl (C=O) groups is 3.